The van der Waals surface area contributed by atoms with E-state index < -0.39 is 32.2 Å². The van der Waals surface area contributed by atoms with E-state index in [0.717, 1.165) is 0 Å². The molecule has 14 nitrogen and oxygen atoms in total. The van der Waals surface area contributed by atoms with Crippen molar-refractivity contribution in [1.82, 2.24) is 23.8 Å². The Morgan fingerprint density at radius 2 is 1.58 bits per heavy atom. The number of ether oxygens (including phenoxy) is 3. The van der Waals surface area contributed by atoms with Gasteiger partial charge in [-0.15, -0.1) is 4.98 Å². The van der Waals surface area contributed by atoms with Crippen LogP contribution in [0.15, 0.2) is 29.2 Å². The van der Waals surface area contributed by atoms with Crippen LogP contribution in [0.5, 0.6) is 12.0 Å². The van der Waals surface area contributed by atoms with Crippen LogP contribution < -0.4 is 23.6 Å². The molecule has 1 aromatic carbocycles. The highest BCUT2D eigenvalue weighted by Crippen LogP contribution is 2.17. The molecule has 0 saturated heterocycles. The van der Waals surface area contributed by atoms with E-state index in [9.17, 15) is 21.6 Å². The number of nitrogens with zero attached hydrogens (tertiary/aromatic N) is 3. The van der Waals surface area contributed by atoms with Crippen molar-refractivity contribution in [3.05, 3.63) is 29.8 Å². The van der Waals surface area contributed by atoms with E-state index in [-0.39, 0.29) is 29.9 Å². The van der Waals surface area contributed by atoms with Gasteiger partial charge in [0.05, 0.1) is 25.7 Å². The molecule has 0 aliphatic heterocycles. The quantitative estimate of drug-likeness (QED) is 0.398. The van der Waals surface area contributed by atoms with E-state index >= 15 is 0 Å². The maximum Gasteiger partial charge on any atom is 0.336 e. The number of urea groups is 1. The summed E-state index contributed by atoms with van der Waals surface area (Å²) in [5.74, 6) is -0.399. The average Bonchev–Trinajstić information content (AvgIpc) is 2.70. The van der Waals surface area contributed by atoms with Gasteiger partial charge in [0, 0.05) is 7.11 Å². The topological polar surface area (TPSA) is 188 Å². The van der Waals surface area contributed by atoms with Gasteiger partial charge in [-0.3, -0.25) is 5.32 Å². The Labute approximate surface area is 178 Å². The lowest BCUT2D eigenvalue weighted by molar-refractivity contribution is 0.202. The van der Waals surface area contributed by atoms with Crippen LogP contribution in [0.1, 0.15) is 5.56 Å². The fourth-order valence-corrected chi connectivity index (χ4v) is 4.97. The van der Waals surface area contributed by atoms with E-state index in [1.54, 1.807) is 6.07 Å². The van der Waals surface area contributed by atoms with E-state index in [2.05, 4.69) is 15.0 Å². The van der Waals surface area contributed by atoms with Crippen LogP contribution in [-0.4, -0.2) is 65.8 Å². The van der Waals surface area contributed by atoms with Crippen LogP contribution in [0, 0.1) is 0 Å². The number of rotatable bonds is 10. The summed E-state index contributed by atoms with van der Waals surface area (Å²) < 4.78 is 67.0. The van der Waals surface area contributed by atoms with Gasteiger partial charge in [-0.2, -0.15) is 18.4 Å². The zero-order chi connectivity index (χ0) is 23.1. The summed E-state index contributed by atoms with van der Waals surface area (Å²) in [7, 11) is -5.43. The third kappa shape index (κ3) is 6.99. The van der Waals surface area contributed by atoms with Crippen molar-refractivity contribution < 1.29 is 35.8 Å². The summed E-state index contributed by atoms with van der Waals surface area (Å²) in [6.45, 7) is 0.221. The lowest BCUT2D eigenvalue weighted by atomic mass is 10.2. The minimum absolute atomic E-state index is 0.210. The Hall–Kier alpha value is -3.08. The van der Waals surface area contributed by atoms with Crippen LogP contribution in [0.3, 0.4) is 0 Å². The maximum atomic E-state index is 12.6. The van der Waals surface area contributed by atoms with E-state index in [1.165, 1.54) is 48.4 Å². The van der Waals surface area contributed by atoms with E-state index in [0.29, 0.717) is 5.56 Å². The molecule has 1 heterocycles. The van der Waals surface area contributed by atoms with Crippen LogP contribution in [0.4, 0.5) is 10.7 Å². The molecule has 0 unspecified atom stereocenters. The SMILES string of the molecule is COCCc1ccccc1S(=O)(=O)NS(=O)(=O)NC(=O)Nc1nc(OC)nc(OC)n1. The molecule has 2 rings (SSSR count). The number of hydrogen-bond acceptors (Lipinski definition) is 11. The Kier molecular flexibility index (Phi) is 8.03. The molecule has 1 aromatic heterocycles. The number of benzene rings is 1. The molecule has 0 aliphatic carbocycles. The highest BCUT2D eigenvalue weighted by atomic mass is 32.3. The standard InChI is InChI=1S/C15H20N6O8S2/c1-27-9-8-10-6-4-5-7-11(10)30(23,24)21-31(25,26)20-13(22)16-12-17-14(28-2)19-15(18-12)29-3/h4-7,21H,8-9H2,1-3H3,(H2,16,17,18,19,20,22). The number of hydrogen-bond donors (Lipinski definition) is 3. The molecular weight excluding hydrogens is 456 g/mol. The normalized spacial score (nSPS) is 11.6. The minimum Gasteiger partial charge on any atom is -0.467 e. The Balaban J connectivity index is 2.15. The monoisotopic (exact) mass is 476 g/mol. The first-order valence-electron chi connectivity index (χ1n) is 8.38. The lowest BCUT2D eigenvalue weighted by Gasteiger charge is -2.12. The molecule has 0 saturated carbocycles. The predicted octanol–water partition coefficient (Wildman–Crippen LogP) is -0.577. The molecular formula is C15H20N6O8S2. The second-order valence-electron chi connectivity index (χ2n) is 5.63. The maximum absolute atomic E-state index is 12.6. The molecule has 2 aromatic rings. The van der Waals surface area contributed by atoms with Crippen molar-refractivity contribution in [1.29, 1.82) is 0 Å². The molecule has 0 bridgehead atoms. The van der Waals surface area contributed by atoms with E-state index in [4.69, 9.17) is 14.2 Å². The minimum atomic E-state index is -4.84. The smallest absolute Gasteiger partial charge is 0.336 e. The number of nitrogens with one attached hydrogen (secondary N) is 3. The average molecular weight is 476 g/mol. The largest absolute Gasteiger partial charge is 0.467 e. The molecule has 31 heavy (non-hydrogen) atoms. The van der Waals surface area contributed by atoms with Crippen LogP contribution in [-0.2, 0) is 31.4 Å². The Morgan fingerprint density at radius 1 is 0.968 bits per heavy atom. The fourth-order valence-electron chi connectivity index (χ4n) is 2.22. The summed E-state index contributed by atoms with van der Waals surface area (Å²) in [4.78, 5) is 22.8. The highest BCUT2D eigenvalue weighted by Gasteiger charge is 2.26. The number of carbonyl (C=O) groups excluding carboxylic acids is 1. The third-order valence-electron chi connectivity index (χ3n) is 3.47. The molecule has 0 atom stereocenters. The van der Waals surface area contributed by atoms with Gasteiger partial charge in [-0.1, -0.05) is 22.3 Å². The van der Waals surface area contributed by atoms with Gasteiger partial charge in [-0.25, -0.2) is 17.9 Å². The van der Waals surface area contributed by atoms with Crippen molar-refractivity contribution in [2.75, 3.05) is 33.3 Å². The number of aromatic nitrogens is 3. The lowest BCUT2D eigenvalue weighted by Crippen LogP contribution is -2.45. The second kappa shape index (κ2) is 10.3. The first-order chi connectivity index (χ1) is 14.6. The number of amides is 2. The summed E-state index contributed by atoms with van der Waals surface area (Å²) >= 11 is 0. The summed E-state index contributed by atoms with van der Waals surface area (Å²) in [5.41, 5.74) is 0.334. The Bertz CT molecular complexity index is 1120. The highest BCUT2D eigenvalue weighted by molar-refractivity contribution is 8.04. The van der Waals surface area contributed by atoms with Gasteiger partial charge in [0.2, 0.25) is 5.95 Å². The van der Waals surface area contributed by atoms with Crippen molar-refractivity contribution in [2.24, 2.45) is 0 Å². The van der Waals surface area contributed by atoms with Crippen LogP contribution in [0.2, 0.25) is 0 Å². The molecule has 0 spiro atoms. The van der Waals surface area contributed by atoms with Crippen molar-refractivity contribution >= 4 is 32.2 Å². The molecule has 2 amide bonds. The predicted molar refractivity (Wildman–Crippen MR) is 106 cm³/mol. The van der Waals surface area contributed by atoms with Gasteiger partial charge in [-0.05, 0) is 18.1 Å². The number of anilines is 1. The molecule has 16 heteroatoms. The number of carbonyl (C=O) groups is 1. The summed E-state index contributed by atoms with van der Waals surface area (Å²) in [6, 6.07) is 4.01. The first-order valence-corrected chi connectivity index (χ1v) is 11.3. The van der Waals surface area contributed by atoms with Crippen molar-refractivity contribution in [2.45, 2.75) is 11.3 Å². The van der Waals surface area contributed by atoms with Gasteiger partial charge >= 0.3 is 28.3 Å². The van der Waals surface area contributed by atoms with Gasteiger partial charge in [0.15, 0.2) is 0 Å². The number of methoxy groups -OCH3 is 3. The summed E-state index contributed by atoms with van der Waals surface area (Å²) in [5, 5.41) is 2.01. The van der Waals surface area contributed by atoms with E-state index in [1.807, 2.05) is 5.32 Å². The number of sulfonamides is 1. The molecule has 170 valence electrons. The first kappa shape index (κ1) is 24.2. The summed E-state index contributed by atoms with van der Waals surface area (Å²) in [6.07, 6.45) is 0.227. The molecule has 0 aliphatic rings. The zero-order valence-electron chi connectivity index (χ0n) is 16.6. The Morgan fingerprint density at radius 3 is 2.16 bits per heavy atom. The molecule has 3 N–H and O–H groups in total. The van der Waals surface area contributed by atoms with Gasteiger partial charge in [0.1, 0.15) is 0 Å². The van der Waals surface area contributed by atoms with Crippen LogP contribution in [0.25, 0.3) is 0 Å². The fraction of sp³-hybridized carbons (Fsp3) is 0.333. The molecule has 0 fully saturated rings. The molecule has 0 radical (unpaired) electrons. The van der Waals surface area contributed by atoms with Gasteiger partial charge < -0.3 is 14.2 Å². The van der Waals surface area contributed by atoms with Crippen molar-refractivity contribution in [3.8, 4) is 12.0 Å². The zero-order valence-corrected chi connectivity index (χ0v) is 18.3. The van der Waals surface area contributed by atoms with Crippen LogP contribution >= 0.6 is 0 Å². The third-order valence-corrected chi connectivity index (χ3v) is 6.66. The van der Waals surface area contributed by atoms with Gasteiger partial charge in [0.25, 0.3) is 10.0 Å². The van der Waals surface area contributed by atoms with Crippen molar-refractivity contribution in [3.63, 3.8) is 0 Å². The second-order valence-corrected chi connectivity index (χ2v) is 8.95.